The minimum absolute atomic E-state index is 0.104. The Labute approximate surface area is 173 Å². The van der Waals surface area contributed by atoms with Crippen molar-refractivity contribution in [1.82, 2.24) is 29.5 Å². The van der Waals surface area contributed by atoms with Crippen molar-refractivity contribution in [2.24, 2.45) is 0 Å². The Kier molecular flexibility index (Phi) is 5.27. The molecule has 11 heteroatoms. The van der Waals surface area contributed by atoms with Crippen LogP contribution in [0.25, 0.3) is 11.1 Å². The van der Waals surface area contributed by atoms with E-state index in [-0.39, 0.29) is 23.2 Å². The molecule has 1 N–H and O–H groups in total. The van der Waals surface area contributed by atoms with Crippen LogP contribution in [0.2, 0.25) is 0 Å². The molecule has 0 amide bonds. The van der Waals surface area contributed by atoms with Crippen LogP contribution < -0.4 is 0 Å². The zero-order chi connectivity index (χ0) is 22.2. The second-order valence-electron chi connectivity index (χ2n) is 7.00. The van der Waals surface area contributed by atoms with E-state index in [9.17, 15) is 22.7 Å². The van der Waals surface area contributed by atoms with Gasteiger partial charge >= 0.3 is 0 Å². The number of halogens is 4. The van der Waals surface area contributed by atoms with Crippen LogP contribution in [-0.2, 0) is 12.1 Å². The van der Waals surface area contributed by atoms with E-state index in [1.807, 2.05) is 0 Å². The van der Waals surface area contributed by atoms with Crippen molar-refractivity contribution in [2.75, 3.05) is 0 Å². The molecule has 4 aromatic rings. The van der Waals surface area contributed by atoms with Gasteiger partial charge in [-0.1, -0.05) is 6.07 Å². The molecule has 0 aliphatic rings. The lowest BCUT2D eigenvalue weighted by atomic mass is 9.86. The molecule has 0 fully saturated rings. The quantitative estimate of drug-likeness (QED) is 0.473. The number of pyridine rings is 1. The summed E-state index contributed by atoms with van der Waals surface area (Å²) in [5, 5.41) is 19.6. The first kappa shape index (κ1) is 20.7. The first-order chi connectivity index (χ1) is 14.8. The minimum atomic E-state index is -1.97. The van der Waals surface area contributed by atoms with Crippen LogP contribution >= 0.6 is 0 Å². The van der Waals surface area contributed by atoms with Crippen molar-refractivity contribution >= 4 is 0 Å². The third-order valence-electron chi connectivity index (χ3n) is 5.10. The maximum atomic E-state index is 14.6. The highest BCUT2D eigenvalue weighted by molar-refractivity contribution is 5.62. The fourth-order valence-electron chi connectivity index (χ4n) is 3.43. The number of benzene rings is 1. The van der Waals surface area contributed by atoms with Gasteiger partial charge in [-0.05, 0) is 13.0 Å². The molecule has 0 bridgehead atoms. The molecule has 3 aromatic heterocycles. The highest BCUT2D eigenvalue weighted by atomic mass is 19.1. The van der Waals surface area contributed by atoms with Crippen LogP contribution in [-0.4, -0.2) is 34.6 Å². The number of rotatable bonds is 6. The van der Waals surface area contributed by atoms with Crippen molar-refractivity contribution in [2.45, 2.75) is 25.1 Å². The highest BCUT2D eigenvalue weighted by Gasteiger charge is 2.41. The van der Waals surface area contributed by atoms with Gasteiger partial charge in [0.25, 0.3) is 0 Å². The van der Waals surface area contributed by atoms with Crippen molar-refractivity contribution in [3.05, 3.63) is 84.5 Å². The summed E-state index contributed by atoms with van der Waals surface area (Å²) in [4.78, 5) is 7.25. The SMILES string of the molecule is C[C@@H](n1cc(-c2c(F)cncc2F)cn1)[C@](O)(Cn1cncn1)c1ccc(F)cc1F. The molecule has 0 unspecified atom stereocenters. The maximum Gasteiger partial charge on any atom is 0.152 e. The Balaban J connectivity index is 1.78. The Morgan fingerprint density at radius 2 is 1.74 bits per heavy atom. The van der Waals surface area contributed by atoms with E-state index in [1.54, 1.807) is 0 Å². The third kappa shape index (κ3) is 3.79. The Bertz CT molecular complexity index is 1190. The predicted octanol–water partition coefficient (Wildman–Crippen LogP) is 3.24. The number of hydrogen-bond donors (Lipinski definition) is 1. The van der Waals surface area contributed by atoms with Gasteiger partial charge in [0.2, 0.25) is 0 Å². The smallest absolute Gasteiger partial charge is 0.152 e. The van der Waals surface area contributed by atoms with Gasteiger partial charge < -0.3 is 5.11 Å². The molecular formula is C20H16F4N6O. The first-order valence-corrected chi connectivity index (χ1v) is 9.13. The molecule has 160 valence electrons. The summed E-state index contributed by atoms with van der Waals surface area (Å²) in [5.41, 5.74) is -2.40. The Hall–Kier alpha value is -3.60. The number of hydrogen-bond acceptors (Lipinski definition) is 5. The number of aromatic nitrogens is 6. The zero-order valence-electron chi connectivity index (χ0n) is 16.1. The summed E-state index contributed by atoms with van der Waals surface area (Å²) in [6, 6.07) is 1.85. The molecule has 0 saturated heterocycles. The van der Waals surface area contributed by atoms with Gasteiger partial charge in [-0.15, -0.1) is 0 Å². The zero-order valence-corrected chi connectivity index (χ0v) is 16.1. The highest BCUT2D eigenvalue weighted by Crippen LogP contribution is 2.37. The van der Waals surface area contributed by atoms with Crippen LogP contribution in [0.3, 0.4) is 0 Å². The van der Waals surface area contributed by atoms with Crippen molar-refractivity contribution in [1.29, 1.82) is 0 Å². The predicted molar refractivity (Wildman–Crippen MR) is 100 cm³/mol. The van der Waals surface area contributed by atoms with E-state index in [1.165, 1.54) is 41.3 Å². The van der Waals surface area contributed by atoms with Gasteiger partial charge in [0, 0.05) is 23.4 Å². The molecule has 3 heterocycles. The molecule has 0 saturated carbocycles. The minimum Gasteiger partial charge on any atom is -0.381 e. The topological polar surface area (TPSA) is 81.6 Å². The Morgan fingerprint density at radius 1 is 1.00 bits per heavy atom. The molecule has 2 atom stereocenters. The molecule has 1 aromatic carbocycles. The molecule has 31 heavy (non-hydrogen) atoms. The molecule has 0 aliphatic heterocycles. The average Bonchev–Trinajstić information content (AvgIpc) is 3.39. The maximum absolute atomic E-state index is 14.6. The second kappa shape index (κ2) is 7.91. The second-order valence-corrected chi connectivity index (χ2v) is 7.00. The van der Waals surface area contributed by atoms with Gasteiger partial charge in [-0.25, -0.2) is 27.2 Å². The van der Waals surface area contributed by atoms with Crippen LogP contribution in [0.15, 0.2) is 55.6 Å². The largest absolute Gasteiger partial charge is 0.381 e. The van der Waals surface area contributed by atoms with Gasteiger partial charge in [-0.3, -0.25) is 9.67 Å². The molecule has 0 radical (unpaired) electrons. The molecular weight excluding hydrogens is 416 g/mol. The molecule has 4 rings (SSSR count). The molecule has 0 aliphatic carbocycles. The summed E-state index contributed by atoms with van der Waals surface area (Å²) in [5.74, 6) is -3.53. The summed E-state index contributed by atoms with van der Waals surface area (Å²) in [6.45, 7) is 1.29. The van der Waals surface area contributed by atoms with E-state index in [0.29, 0.717) is 6.07 Å². The van der Waals surface area contributed by atoms with Gasteiger partial charge in [0.05, 0.1) is 36.7 Å². The van der Waals surface area contributed by atoms with Crippen molar-refractivity contribution in [3.8, 4) is 11.1 Å². The molecule has 0 spiro atoms. The summed E-state index contributed by atoms with van der Waals surface area (Å²) in [7, 11) is 0. The summed E-state index contributed by atoms with van der Waals surface area (Å²) < 4.78 is 58.8. The lowest BCUT2D eigenvalue weighted by Crippen LogP contribution is -2.40. The fourth-order valence-corrected chi connectivity index (χ4v) is 3.43. The standard InChI is InChI=1S/C20H16F4N6O/c1-12(30-8-13(5-27-30)19-17(23)6-25-7-18(19)24)20(31,9-29-11-26-10-28-29)15-3-2-14(21)4-16(15)22/h2-8,10-12,31H,9H2,1H3/t12-,20-/m1/s1. The Morgan fingerprint density at radius 3 is 2.39 bits per heavy atom. The van der Waals surface area contributed by atoms with Gasteiger partial charge in [-0.2, -0.15) is 10.2 Å². The lowest BCUT2D eigenvalue weighted by molar-refractivity contribution is -0.0368. The average molecular weight is 432 g/mol. The normalized spacial score (nSPS) is 14.4. The monoisotopic (exact) mass is 432 g/mol. The van der Waals surface area contributed by atoms with Crippen molar-refractivity contribution < 1.29 is 22.7 Å². The molecule has 7 nitrogen and oxygen atoms in total. The summed E-state index contributed by atoms with van der Waals surface area (Å²) >= 11 is 0. The van der Waals surface area contributed by atoms with Crippen LogP contribution in [0.5, 0.6) is 0 Å². The van der Waals surface area contributed by atoms with Crippen LogP contribution in [0, 0.1) is 23.3 Å². The van der Waals surface area contributed by atoms with Gasteiger partial charge in [0.15, 0.2) is 11.6 Å². The lowest BCUT2D eigenvalue weighted by Gasteiger charge is -2.34. The van der Waals surface area contributed by atoms with E-state index in [2.05, 4.69) is 20.2 Å². The van der Waals surface area contributed by atoms with Gasteiger partial charge in [0.1, 0.15) is 29.9 Å². The van der Waals surface area contributed by atoms with Crippen molar-refractivity contribution in [3.63, 3.8) is 0 Å². The van der Waals surface area contributed by atoms with Crippen LogP contribution in [0.4, 0.5) is 17.6 Å². The first-order valence-electron chi connectivity index (χ1n) is 9.13. The van der Waals surface area contributed by atoms with E-state index in [4.69, 9.17) is 0 Å². The van der Waals surface area contributed by atoms with E-state index >= 15 is 0 Å². The van der Waals surface area contributed by atoms with E-state index in [0.717, 1.165) is 24.5 Å². The fraction of sp³-hybridized carbons (Fsp3) is 0.200. The number of nitrogens with zero attached hydrogens (tertiary/aromatic N) is 6. The third-order valence-corrected chi connectivity index (χ3v) is 5.10. The van der Waals surface area contributed by atoms with E-state index < -0.39 is 34.9 Å². The number of aliphatic hydroxyl groups is 1. The summed E-state index contributed by atoms with van der Waals surface area (Å²) in [6.07, 6.45) is 6.85. The van der Waals surface area contributed by atoms with Crippen LogP contribution in [0.1, 0.15) is 18.5 Å².